The molecule has 0 fully saturated rings. The molecule has 2 aromatic heterocycles. The molecule has 0 saturated heterocycles. The highest BCUT2D eigenvalue weighted by Crippen LogP contribution is 2.31. The third kappa shape index (κ3) is 5.96. The van der Waals surface area contributed by atoms with E-state index in [1.54, 1.807) is 0 Å². The van der Waals surface area contributed by atoms with Crippen LogP contribution in [0.1, 0.15) is 43.3 Å². The number of anilines is 2. The molecule has 0 bridgehead atoms. The van der Waals surface area contributed by atoms with Crippen molar-refractivity contribution >= 4 is 45.3 Å². The number of nitrogens with one attached hydrogen (secondary N) is 2. The number of carbonyl (C=O) groups is 1. The molecule has 2 aromatic carbocycles. The van der Waals surface area contributed by atoms with Crippen molar-refractivity contribution in [2.24, 2.45) is 0 Å². The summed E-state index contributed by atoms with van der Waals surface area (Å²) >= 11 is 7.10. The highest BCUT2D eigenvalue weighted by atomic mass is 32.1. The molecule has 0 amide bonds. The molecule has 0 aliphatic carbocycles. The lowest BCUT2D eigenvalue weighted by Gasteiger charge is -2.11. The number of aromatic nitrogens is 2. The molecule has 0 unspecified atom stereocenters. The fourth-order valence-corrected chi connectivity index (χ4v) is 5.18. The van der Waals surface area contributed by atoms with Crippen molar-refractivity contribution in [3.8, 4) is 0 Å². The van der Waals surface area contributed by atoms with E-state index in [9.17, 15) is 4.79 Å². The minimum atomic E-state index is -0.399. The van der Waals surface area contributed by atoms with E-state index in [0.717, 1.165) is 28.4 Å². The SMILES string of the molecule is COC(=O)c1cc(Cc2ccccc2)sc1NC(=S)Nc1c(C)nn(Cc2ccc(C)cc2)c1C. The quantitative estimate of drug-likeness (QED) is 0.234. The van der Waals surface area contributed by atoms with E-state index in [1.165, 1.54) is 35.1 Å². The second-order valence-electron chi connectivity index (χ2n) is 8.38. The van der Waals surface area contributed by atoms with Crippen molar-refractivity contribution in [2.75, 3.05) is 17.7 Å². The lowest BCUT2D eigenvalue weighted by atomic mass is 10.1. The normalized spacial score (nSPS) is 10.7. The second kappa shape index (κ2) is 10.8. The predicted octanol–water partition coefficient (Wildman–Crippen LogP) is 6.10. The van der Waals surface area contributed by atoms with E-state index in [2.05, 4.69) is 54.0 Å². The monoisotopic (exact) mass is 504 g/mol. The number of ether oxygens (including phenoxy) is 1. The third-order valence-corrected chi connectivity index (χ3v) is 6.96. The fraction of sp³-hybridized carbons (Fsp3) is 0.222. The average molecular weight is 505 g/mol. The number of rotatable bonds is 7. The van der Waals surface area contributed by atoms with Crippen molar-refractivity contribution in [3.63, 3.8) is 0 Å². The van der Waals surface area contributed by atoms with Gasteiger partial charge in [-0.15, -0.1) is 11.3 Å². The van der Waals surface area contributed by atoms with E-state index in [0.29, 0.717) is 22.2 Å². The lowest BCUT2D eigenvalue weighted by molar-refractivity contribution is 0.0602. The maximum Gasteiger partial charge on any atom is 0.340 e. The Morgan fingerprint density at radius 3 is 2.43 bits per heavy atom. The highest BCUT2D eigenvalue weighted by Gasteiger charge is 2.19. The number of hydrogen-bond donors (Lipinski definition) is 2. The molecule has 8 heteroatoms. The number of thiophene rings is 1. The van der Waals surface area contributed by atoms with Crippen LogP contribution in [-0.2, 0) is 17.7 Å². The van der Waals surface area contributed by atoms with Crippen molar-refractivity contribution in [3.05, 3.63) is 99.2 Å². The summed E-state index contributed by atoms with van der Waals surface area (Å²) in [6.07, 6.45) is 0.724. The van der Waals surface area contributed by atoms with E-state index in [-0.39, 0.29) is 0 Å². The molecule has 0 saturated carbocycles. The molecule has 0 aliphatic heterocycles. The third-order valence-electron chi connectivity index (χ3n) is 5.71. The summed E-state index contributed by atoms with van der Waals surface area (Å²) in [6, 6.07) is 20.4. The van der Waals surface area contributed by atoms with Crippen LogP contribution in [0.3, 0.4) is 0 Å². The summed E-state index contributed by atoms with van der Waals surface area (Å²) in [5.74, 6) is -0.399. The standard InChI is InChI=1S/C27H28N4O2S2/c1-17-10-12-21(13-11-17)16-31-19(3)24(18(2)30-31)28-27(34)29-25-23(26(32)33-4)15-22(35-25)14-20-8-6-5-7-9-20/h5-13,15H,14,16H2,1-4H3,(H2,28,29,34). The number of nitrogens with zero attached hydrogens (tertiary/aromatic N) is 2. The number of carbonyl (C=O) groups excluding carboxylic acids is 1. The Kier molecular flexibility index (Phi) is 7.63. The molecular weight excluding hydrogens is 476 g/mol. The average Bonchev–Trinajstić information content (AvgIpc) is 3.35. The van der Waals surface area contributed by atoms with Crippen LogP contribution in [0, 0.1) is 20.8 Å². The van der Waals surface area contributed by atoms with E-state index < -0.39 is 5.97 Å². The zero-order chi connectivity index (χ0) is 24.9. The summed E-state index contributed by atoms with van der Waals surface area (Å²) in [7, 11) is 1.38. The smallest absolute Gasteiger partial charge is 0.340 e. The molecule has 0 radical (unpaired) electrons. The number of thiocarbonyl (C=S) groups is 1. The van der Waals surface area contributed by atoms with Crippen LogP contribution in [0.25, 0.3) is 0 Å². The van der Waals surface area contributed by atoms with Crippen molar-refractivity contribution < 1.29 is 9.53 Å². The van der Waals surface area contributed by atoms with Gasteiger partial charge in [-0.2, -0.15) is 5.10 Å². The van der Waals surface area contributed by atoms with Crippen LogP contribution in [0.4, 0.5) is 10.7 Å². The topological polar surface area (TPSA) is 68.2 Å². The summed E-state index contributed by atoms with van der Waals surface area (Å²) in [5.41, 5.74) is 6.74. The van der Waals surface area contributed by atoms with Gasteiger partial charge in [0.25, 0.3) is 0 Å². The van der Waals surface area contributed by atoms with Crippen molar-refractivity contribution in [1.82, 2.24) is 9.78 Å². The first-order chi connectivity index (χ1) is 16.8. The first-order valence-electron chi connectivity index (χ1n) is 11.3. The van der Waals surface area contributed by atoms with E-state index >= 15 is 0 Å². The maximum absolute atomic E-state index is 12.4. The predicted molar refractivity (Wildman–Crippen MR) is 147 cm³/mol. The van der Waals surface area contributed by atoms with Crippen LogP contribution in [0.5, 0.6) is 0 Å². The molecule has 2 heterocycles. The van der Waals surface area contributed by atoms with Crippen LogP contribution >= 0.6 is 23.6 Å². The van der Waals surface area contributed by atoms with Gasteiger partial charge in [0.15, 0.2) is 5.11 Å². The molecule has 4 aromatic rings. The minimum absolute atomic E-state index is 0.393. The lowest BCUT2D eigenvalue weighted by Crippen LogP contribution is -2.20. The maximum atomic E-state index is 12.4. The number of hydrogen-bond acceptors (Lipinski definition) is 5. The Bertz CT molecular complexity index is 1340. The van der Waals surface area contributed by atoms with Gasteiger partial charge in [0.1, 0.15) is 5.00 Å². The van der Waals surface area contributed by atoms with E-state index in [4.69, 9.17) is 22.1 Å². The number of aryl methyl sites for hydroxylation is 2. The van der Waals surface area contributed by atoms with Gasteiger partial charge in [0, 0.05) is 11.3 Å². The van der Waals surface area contributed by atoms with Gasteiger partial charge in [-0.1, -0.05) is 60.2 Å². The Morgan fingerprint density at radius 2 is 1.74 bits per heavy atom. The van der Waals surface area contributed by atoms with Gasteiger partial charge in [0.2, 0.25) is 0 Å². The fourth-order valence-electron chi connectivity index (χ4n) is 3.83. The molecule has 6 nitrogen and oxygen atoms in total. The van der Waals surface area contributed by atoms with Gasteiger partial charge < -0.3 is 15.4 Å². The Labute approximate surface area is 215 Å². The second-order valence-corrected chi connectivity index (χ2v) is 9.92. The van der Waals surface area contributed by atoms with Crippen LogP contribution in [-0.4, -0.2) is 28.0 Å². The van der Waals surface area contributed by atoms with E-state index in [1.807, 2.05) is 42.8 Å². The largest absolute Gasteiger partial charge is 0.465 e. The number of esters is 1. The summed E-state index contributed by atoms with van der Waals surface area (Å²) in [4.78, 5) is 13.5. The first-order valence-corrected chi connectivity index (χ1v) is 12.5. The summed E-state index contributed by atoms with van der Waals surface area (Å²) in [5, 5.41) is 12.2. The minimum Gasteiger partial charge on any atom is -0.465 e. The van der Waals surface area contributed by atoms with Gasteiger partial charge in [-0.25, -0.2) is 4.79 Å². The number of benzene rings is 2. The zero-order valence-electron chi connectivity index (χ0n) is 20.2. The first kappa shape index (κ1) is 24.6. The van der Waals surface area contributed by atoms with Gasteiger partial charge >= 0.3 is 5.97 Å². The molecule has 35 heavy (non-hydrogen) atoms. The van der Waals surface area contributed by atoms with Crippen molar-refractivity contribution in [2.45, 2.75) is 33.7 Å². The Morgan fingerprint density at radius 1 is 1.03 bits per heavy atom. The van der Waals surface area contributed by atoms with Crippen LogP contribution in [0.15, 0.2) is 60.7 Å². The molecule has 0 aliphatic rings. The van der Waals surface area contributed by atoms with Gasteiger partial charge in [0.05, 0.1) is 36.3 Å². The van der Waals surface area contributed by atoms with Crippen molar-refractivity contribution in [1.29, 1.82) is 0 Å². The summed E-state index contributed by atoms with van der Waals surface area (Å²) < 4.78 is 6.96. The van der Waals surface area contributed by atoms with Crippen LogP contribution in [0.2, 0.25) is 0 Å². The molecule has 0 atom stereocenters. The molecular formula is C27H28N4O2S2. The zero-order valence-corrected chi connectivity index (χ0v) is 21.8. The molecule has 180 valence electrons. The van der Waals surface area contributed by atoms with Crippen LogP contribution < -0.4 is 10.6 Å². The molecule has 2 N–H and O–H groups in total. The summed E-state index contributed by atoms with van der Waals surface area (Å²) in [6.45, 7) is 6.72. The highest BCUT2D eigenvalue weighted by molar-refractivity contribution is 7.80. The molecule has 4 rings (SSSR count). The van der Waals surface area contributed by atoms with Gasteiger partial charge in [-0.3, -0.25) is 4.68 Å². The Balaban J connectivity index is 1.50. The number of methoxy groups -OCH3 is 1. The Hall–Kier alpha value is -3.49. The molecule has 0 spiro atoms. The van der Waals surface area contributed by atoms with Gasteiger partial charge in [-0.05, 0) is 50.2 Å².